The summed E-state index contributed by atoms with van der Waals surface area (Å²) in [6.45, 7) is 0. The van der Waals surface area contributed by atoms with Gasteiger partial charge in [0.05, 0.1) is 0 Å². The van der Waals surface area contributed by atoms with Gasteiger partial charge in [0.1, 0.15) is 5.82 Å². The van der Waals surface area contributed by atoms with Gasteiger partial charge in [0, 0.05) is 22.8 Å². The van der Waals surface area contributed by atoms with E-state index in [1.807, 2.05) is 12.1 Å². The zero-order valence-electron chi connectivity index (χ0n) is 7.91. The largest absolute Gasteiger partial charge is 0.366 e. The molecular weight excluding hydrogens is 242 g/mol. The lowest BCUT2D eigenvalue weighted by Gasteiger charge is -2.17. The molecule has 1 aliphatic rings. The highest BCUT2D eigenvalue weighted by Crippen LogP contribution is 2.21. The van der Waals surface area contributed by atoms with Crippen molar-refractivity contribution < 1.29 is 0 Å². The second-order valence-electron chi connectivity index (χ2n) is 3.71. The van der Waals surface area contributed by atoms with Crippen molar-refractivity contribution >= 4 is 21.7 Å². The zero-order chi connectivity index (χ0) is 9.97. The lowest BCUT2D eigenvalue weighted by atomic mass is 10.2. The molecular formula is C10H14BrN3. The van der Waals surface area contributed by atoms with Crippen LogP contribution >= 0.6 is 15.9 Å². The Balaban J connectivity index is 2.00. The van der Waals surface area contributed by atoms with Gasteiger partial charge >= 0.3 is 0 Å². The van der Waals surface area contributed by atoms with Crippen LogP contribution in [0.25, 0.3) is 0 Å². The molecule has 0 radical (unpaired) electrons. The molecule has 4 heteroatoms. The van der Waals surface area contributed by atoms with Crippen LogP contribution in [0, 0.1) is 0 Å². The molecule has 14 heavy (non-hydrogen) atoms. The third-order valence-electron chi connectivity index (χ3n) is 2.63. The molecule has 0 saturated heterocycles. The Labute approximate surface area is 92.2 Å². The van der Waals surface area contributed by atoms with Crippen molar-refractivity contribution in [2.45, 2.75) is 31.3 Å². The third kappa shape index (κ3) is 2.25. The first-order chi connectivity index (χ1) is 6.75. The van der Waals surface area contributed by atoms with Gasteiger partial charge in [0.15, 0.2) is 0 Å². The van der Waals surface area contributed by atoms with E-state index in [1.54, 1.807) is 6.20 Å². The van der Waals surface area contributed by atoms with Gasteiger partial charge < -0.3 is 11.1 Å². The highest BCUT2D eigenvalue weighted by molar-refractivity contribution is 9.10. The van der Waals surface area contributed by atoms with E-state index >= 15 is 0 Å². The summed E-state index contributed by atoms with van der Waals surface area (Å²) >= 11 is 3.36. The Morgan fingerprint density at radius 1 is 1.43 bits per heavy atom. The summed E-state index contributed by atoms with van der Waals surface area (Å²) in [4.78, 5) is 4.26. The second kappa shape index (κ2) is 4.28. The Kier molecular flexibility index (Phi) is 3.03. The van der Waals surface area contributed by atoms with Gasteiger partial charge in [-0.15, -0.1) is 0 Å². The molecule has 0 amide bonds. The van der Waals surface area contributed by atoms with Gasteiger partial charge in [-0.2, -0.15) is 0 Å². The van der Waals surface area contributed by atoms with Gasteiger partial charge in [0.25, 0.3) is 0 Å². The number of rotatable bonds is 2. The molecule has 2 rings (SSSR count). The summed E-state index contributed by atoms with van der Waals surface area (Å²) in [6, 6.07) is 4.62. The number of nitrogens with zero attached hydrogens (tertiary/aromatic N) is 1. The Morgan fingerprint density at radius 2 is 2.29 bits per heavy atom. The smallest absolute Gasteiger partial charge is 0.126 e. The number of hydrogen-bond acceptors (Lipinski definition) is 3. The average molecular weight is 256 g/mol. The lowest BCUT2D eigenvalue weighted by molar-refractivity contribution is 0.635. The fraction of sp³-hybridized carbons (Fsp3) is 0.500. The van der Waals surface area contributed by atoms with Crippen molar-refractivity contribution in [1.82, 2.24) is 4.98 Å². The standard InChI is InChI=1S/C10H14BrN3/c11-7-4-5-10(13-6-7)14-9-3-1-2-8(9)12/h4-6,8-9H,1-3,12H2,(H,13,14). The second-order valence-corrected chi connectivity index (χ2v) is 4.62. The van der Waals surface area contributed by atoms with E-state index < -0.39 is 0 Å². The van der Waals surface area contributed by atoms with E-state index in [9.17, 15) is 0 Å². The summed E-state index contributed by atoms with van der Waals surface area (Å²) in [5, 5.41) is 3.36. The van der Waals surface area contributed by atoms with Gasteiger partial charge in [0.2, 0.25) is 0 Å². The molecule has 0 aromatic carbocycles. The molecule has 1 heterocycles. The first-order valence-electron chi connectivity index (χ1n) is 4.89. The molecule has 3 N–H and O–H groups in total. The maximum absolute atomic E-state index is 5.96. The first-order valence-corrected chi connectivity index (χ1v) is 5.68. The number of aromatic nitrogens is 1. The van der Waals surface area contributed by atoms with E-state index in [1.165, 1.54) is 6.42 Å². The fourth-order valence-electron chi connectivity index (χ4n) is 1.82. The molecule has 0 aliphatic heterocycles. The van der Waals surface area contributed by atoms with Crippen molar-refractivity contribution in [2.24, 2.45) is 5.73 Å². The normalized spacial score (nSPS) is 26.4. The fourth-order valence-corrected chi connectivity index (χ4v) is 2.05. The minimum atomic E-state index is 0.278. The summed E-state index contributed by atoms with van der Waals surface area (Å²) in [7, 11) is 0. The minimum Gasteiger partial charge on any atom is -0.366 e. The molecule has 0 spiro atoms. The lowest BCUT2D eigenvalue weighted by Crippen LogP contribution is -2.35. The Hall–Kier alpha value is -0.610. The molecule has 76 valence electrons. The number of hydrogen-bond donors (Lipinski definition) is 2. The monoisotopic (exact) mass is 255 g/mol. The molecule has 0 bridgehead atoms. The maximum atomic E-state index is 5.96. The van der Waals surface area contributed by atoms with Crippen LogP contribution in [0.4, 0.5) is 5.82 Å². The average Bonchev–Trinajstić information content (AvgIpc) is 2.56. The van der Waals surface area contributed by atoms with E-state index in [0.717, 1.165) is 23.1 Å². The van der Waals surface area contributed by atoms with Crippen LogP contribution in [0.15, 0.2) is 22.8 Å². The molecule has 1 saturated carbocycles. The Morgan fingerprint density at radius 3 is 2.86 bits per heavy atom. The van der Waals surface area contributed by atoms with Crippen LogP contribution in [0.3, 0.4) is 0 Å². The van der Waals surface area contributed by atoms with Crippen molar-refractivity contribution in [3.05, 3.63) is 22.8 Å². The molecule has 1 aliphatic carbocycles. The number of anilines is 1. The quantitative estimate of drug-likeness (QED) is 0.852. The number of nitrogens with one attached hydrogen (secondary N) is 1. The first kappa shape index (κ1) is 9.93. The van der Waals surface area contributed by atoms with Crippen molar-refractivity contribution in [3.63, 3.8) is 0 Å². The molecule has 2 atom stereocenters. The number of pyridine rings is 1. The SMILES string of the molecule is NC1CCCC1Nc1ccc(Br)cn1. The van der Waals surface area contributed by atoms with Crippen LogP contribution in [0.1, 0.15) is 19.3 Å². The van der Waals surface area contributed by atoms with E-state index in [-0.39, 0.29) is 6.04 Å². The minimum absolute atomic E-state index is 0.278. The summed E-state index contributed by atoms with van der Waals surface area (Å²) in [5.74, 6) is 0.913. The highest BCUT2D eigenvalue weighted by atomic mass is 79.9. The van der Waals surface area contributed by atoms with Crippen LogP contribution in [0.5, 0.6) is 0 Å². The van der Waals surface area contributed by atoms with E-state index in [2.05, 4.69) is 26.2 Å². The van der Waals surface area contributed by atoms with Crippen molar-refractivity contribution in [2.75, 3.05) is 5.32 Å². The van der Waals surface area contributed by atoms with Crippen LogP contribution in [-0.4, -0.2) is 17.1 Å². The maximum Gasteiger partial charge on any atom is 0.126 e. The highest BCUT2D eigenvalue weighted by Gasteiger charge is 2.23. The van der Waals surface area contributed by atoms with Gasteiger partial charge in [-0.3, -0.25) is 0 Å². The molecule has 1 aromatic heterocycles. The molecule has 3 nitrogen and oxygen atoms in total. The van der Waals surface area contributed by atoms with Crippen LogP contribution < -0.4 is 11.1 Å². The predicted molar refractivity (Wildman–Crippen MR) is 61.2 cm³/mol. The third-order valence-corrected chi connectivity index (χ3v) is 3.10. The predicted octanol–water partition coefficient (Wildman–Crippen LogP) is 2.14. The summed E-state index contributed by atoms with van der Waals surface area (Å²) in [5.41, 5.74) is 5.96. The molecule has 2 unspecified atom stereocenters. The number of halogens is 1. The summed E-state index contributed by atoms with van der Waals surface area (Å²) in [6.07, 6.45) is 5.28. The Bertz CT molecular complexity index is 299. The number of nitrogens with two attached hydrogens (primary N) is 1. The van der Waals surface area contributed by atoms with Crippen molar-refractivity contribution in [3.8, 4) is 0 Å². The van der Waals surface area contributed by atoms with Crippen LogP contribution in [0.2, 0.25) is 0 Å². The van der Waals surface area contributed by atoms with E-state index in [0.29, 0.717) is 6.04 Å². The van der Waals surface area contributed by atoms with Crippen molar-refractivity contribution in [1.29, 1.82) is 0 Å². The summed E-state index contributed by atoms with van der Waals surface area (Å²) < 4.78 is 0.999. The van der Waals surface area contributed by atoms with Crippen LogP contribution in [-0.2, 0) is 0 Å². The van der Waals surface area contributed by atoms with Gasteiger partial charge in [-0.25, -0.2) is 4.98 Å². The zero-order valence-corrected chi connectivity index (χ0v) is 9.50. The molecule has 1 fully saturated rings. The topological polar surface area (TPSA) is 50.9 Å². The van der Waals surface area contributed by atoms with Gasteiger partial charge in [-0.1, -0.05) is 0 Å². The van der Waals surface area contributed by atoms with Gasteiger partial charge in [-0.05, 0) is 47.3 Å². The van der Waals surface area contributed by atoms with E-state index in [4.69, 9.17) is 5.73 Å². The molecule has 1 aromatic rings.